The second-order valence-corrected chi connectivity index (χ2v) is 6.28. The first kappa shape index (κ1) is 15.7. The van der Waals surface area contributed by atoms with E-state index in [1.165, 1.54) is 0 Å². The summed E-state index contributed by atoms with van der Waals surface area (Å²) in [5, 5.41) is 0. The van der Waals surface area contributed by atoms with E-state index in [-0.39, 0.29) is 18.1 Å². The molecular formula is C18H23N3O2. The van der Waals surface area contributed by atoms with Gasteiger partial charge in [-0.2, -0.15) is 0 Å². The minimum atomic E-state index is 0.0713. The van der Waals surface area contributed by atoms with Crippen LogP contribution in [-0.4, -0.2) is 45.7 Å². The number of ether oxygens (including phenoxy) is 1. The van der Waals surface area contributed by atoms with Crippen molar-refractivity contribution in [3.05, 3.63) is 47.4 Å². The Bertz CT molecular complexity index is 699. The molecule has 2 atom stereocenters. The van der Waals surface area contributed by atoms with E-state index in [0.29, 0.717) is 13.1 Å². The Balaban J connectivity index is 1.93. The van der Waals surface area contributed by atoms with Crippen molar-refractivity contribution >= 4 is 5.91 Å². The molecule has 0 unspecified atom stereocenters. The van der Waals surface area contributed by atoms with Crippen LogP contribution in [0.25, 0.3) is 5.82 Å². The SMILES string of the molecule is Cc1cc(C(=O)N2C[C@@H](C)O[C@@H](C)C2)c(C)n1-c1ccccn1. The molecule has 0 radical (unpaired) electrons. The maximum absolute atomic E-state index is 12.9. The molecule has 1 saturated heterocycles. The standard InChI is InChI=1S/C18H23N3O2/c1-12-9-16(15(4)21(12)17-7-5-6-8-19-17)18(22)20-10-13(2)23-14(3)11-20/h5-9,13-14H,10-11H2,1-4H3/t13-,14+. The third-order valence-electron chi connectivity index (χ3n) is 4.25. The number of aromatic nitrogens is 2. The molecule has 3 rings (SSSR count). The molecule has 2 aromatic rings. The lowest BCUT2D eigenvalue weighted by atomic mass is 10.1. The Labute approximate surface area is 136 Å². The molecular weight excluding hydrogens is 290 g/mol. The highest BCUT2D eigenvalue weighted by Gasteiger charge is 2.28. The lowest BCUT2D eigenvalue weighted by molar-refractivity contribution is -0.0586. The quantitative estimate of drug-likeness (QED) is 0.856. The van der Waals surface area contributed by atoms with Gasteiger partial charge in [0.2, 0.25) is 0 Å². The number of morpholine rings is 1. The van der Waals surface area contributed by atoms with Gasteiger partial charge in [0.1, 0.15) is 5.82 Å². The zero-order valence-electron chi connectivity index (χ0n) is 14.1. The van der Waals surface area contributed by atoms with Crippen LogP contribution < -0.4 is 0 Å². The number of hydrogen-bond donors (Lipinski definition) is 0. The van der Waals surface area contributed by atoms with Gasteiger partial charge in [-0.3, -0.25) is 4.79 Å². The molecule has 3 heterocycles. The summed E-state index contributed by atoms with van der Waals surface area (Å²) in [4.78, 5) is 19.2. The maximum atomic E-state index is 12.9. The van der Waals surface area contributed by atoms with Gasteiger partial charge >= 0.3 is 0 Å². The van der Waals surface area contributed by atoms with E-state index in [9.17, 15) is 4.79 Å². The van der Waals surface area contributed by atoms with Crippen molar-refractivity contribution in [3.8, 4) is 5.82 Å². The summed E-state index contributed by atoms with van der Waals surface area (Å²) in [5.41, 5.74) is 2.69. The summed E-state index contributed by atoms with van der Waals surface area (Å²) in [6, 6.07) is 7.75. The topological polar surface area (TPSA) is 47.4 Å². The summed E-state index contributed by atoms with van der Waals surface area (Å²) in [5.74, 6) is 0.910. The molecule has 2 aromatic heterocycles. The van der Waals surface area contributed by atoms with Crippen LogP contribution >= 0.6 is 0 Å². The summed E-state index contributed by atoms with van der Waals surface area (Å²) in [7, 11) is 0. The first-order chi connectivity index (χ1) is 11.0. The van der Waals surface area contributed by atoms with Crippen LogP contribution in [0.1, 0.15) is 35.6 Å². The Kier molecular flexibility index (Phi) is 4.22. The minimum Gasteiger partial charge on any atom is -0.372 e. The van der Waals surface area contributed by atoms with Crippen molar-refractivity contribution < 1.29 is 9.53 Å². The zero-order chi connectivity index (χ0) is 16.6. The molecule has 1 amide bonds. The Morgan fingerprint density at radius 3 is 2.52 bits per heavy atom. The molecule has 122 valence electrons. The average Bonchev–Trinajstić information content (AvgIpc) is 2.81. The summed E-state index contributed by atoms with van der Waals surface area (Å²) >= 11 is 0. The predicted octanol–water partition coefficient (Wildman–Crippen LogP) is 2.74. The van der Waals surface area contributed by atoms with Gasteiger partial charge in [-0.1, -0.05) is 6.07 Å². The van der Waals surface area contributed by atoms with Crippen molar-refractivity contribution in [2.24, 2.45) is 0 Å². The van der Waals surface area contributed by atoms with E-state index in [1.807, 2.05) is 61.4 Å². The van der Waals surface area contributed by atoms with Crippen LogP contribution in [0.5, 0.6) is 0 Å². The molecule has 5 heteroatoms. The van der Waals surface area contributed by atoms with Crippen LogP contribution in [0, 0.1) is 13.8 Å². The van der Waals surface area contributed by atoms with E-state index in [2.05, 4.69) is 4.98 Å². The third-order valence-corrected chi connectivity index (χ3v) is 4.25. The molecule has 0 aromatic carbocycles. The molecule has 0 N–H and O–H groups in total. The predicted molar refractivity (Wildman–Crippen MR) is 89.0 cm³/mol. The fourth-order valence-electron chi connectivity index (χ4n) is 3.33. The molecule has 1 fully saturated rings. The van der Waals surface area contributed by atoms with E-state index in [4.69, 9.17) is 4.74 Å². The number of amides is 1. The Morgan fingerprint density at radius 2 is 1.91 bits per heavy atom. The largest absolute Gasteiger partial charge is 0.372 e. The van der Waals surface area contributed by atoms with Crippen molar-refractivity contribution in [1.82, 2.24) is 14.5 Å². The van der Waals surface area contributed by atoms with E-state index in [0.717, 1.165) is 22.8 Å². The maximum Gasteiger partial charge on any atom is 0.255 e. The fourth-order valence-corrected chi connectivity index (χ4v) is 3.33. The van der Waals surface area contributed by atoms with Crippen molar-refractivity contribution in [2.75, 3.05) is 13.1 Å². The van der Waals surface area contributed by atoms with Gasteiger partial charge in [0, 0.05) is 30.7 Å². The van der Waals surface area contributed by atoms with Crippen LogP contribution in [0.4, 0.5) is 0 Å². The number of nitrogens with zero attached hydrogens (tertiary/aromatic N) is 3. The first-order valence-electron chi connectivity index (χ1n) is 8.02. The van der Waals surface area contributed by atoms with E-state index in [1.54, 1.807) is 6.20 Å². The van der Waals surface area contributed by atoms with Crippen molar-refractivity contribution in [2.45, 2.75) is 39.9 Å². The van der Waals surface area contributed by atoms with Gasteiger partial charge in [-0.05, 0) is 45.9 Å². The molecule has 5 nitrogen and oxygen atoms in total. The lowest BCUT2D eigenvalue weighted by Crippen LogP contribution is -2.48. The number of aryl methyl sites for hydroxylation is 1. The molecule has 0 bridgehead atoms. The van der Waals surface area contributed by atoms with E-state index >= 15 is 0 Å². The van der Waals surface area contributed by atoms with Gasteiger partial charge in [0.25, 0.3) is 5.91 Å². The minimum absolute atomic E-state index is 0.0713. The van der Waals surface area contributed by atoms with Gasteiger partial charge in [-0.15, -0.1) is 0 Å². The monoisotopic (exact) mass is 313 g/mol. The normalized spacial score (nSPS) is 21.5. The second kappa shape index (κ2) is 6.16. The third kappa shape index (κ3) is 3.01. The molecule has 1 aliphatic rings. The second-order valence-electron chi connectivity index (χ2n) is 6.28. The fraction of sp³-hybridized carbons (Fsp3) is 0.444. The smallest absolute Gasteiger partial charge is 0.255 e. The summed E-state index contributed by atoms with van der Waals surface area (Å²) < 4.78 is 7.75. The number of pyridine rings is 1. The van der Waals surface area contributed by atoms with Crippen LogP contribution in [-0.2, 0) is 4.74 Å². The Hall–Kier alpha value is -2.14. The van der Waals surface area contributed by atoms with Crippen LogP contribution in [0.3, 0.4) is 0 Å². The number of hydrogen-bond acceptors (Lipinski definition) is 3. The molecule has 23 heavy (non-hydrogen) atoms. The highest BCUT2D eigenvalue weighted by Crippen LogP contribution is 2.22. The molecule has 0 saturated carbocycles. The summed E-state index contributed by atoms with van der Waals surface area (Å²) in [6.07, 6.45) is 1.91. The van der Waals surface area contributed by atoms with Crippen molar-refractivity contribution in [1.29, 1.82) is 0 Å². The zero-order valence-corrected chi connectivity index (χ0v) is 14.1. The number of carbonyl (C=O) groups is 1. The average molecular weight is 313 g/mol. The molecule has 0 aliphatic carbocycles. The van der Waals surface area contributed by atoms with Crippen LogP contribution in [0.2, 0.25) is 0 Å². The Morgan fingerprint density at radius 1 is 1.22 bits per heavy atom. The molecule has 1 aliphatic heterocycles. The van der Waals surface area contributed by atoms with Gasteiger partial charge < -0.3 is 14.2 Å². The van der Waals surface area contributed by atoms with Gasteiger partial charge in [0.05, 0.1) is 17.8 Å². The highest BCUT2D eigenvalue weighted by molar-refractivity contribution is 5.96. The summed E-state index contributed by atoms with van der Waals surface area (Å²) in [6.45, 7) is 9.26. The van der Waals surface area contributed by atoms with Gasteiger partial charge in [-0.25, -0.2) is 4.98 Å². The highest BCUT2D eigenvalue weighted by atomic mass is 16.5. The van der Waals surface area contributed by atoms with Crippen LogP contribution in [0.15, 0.2) is 30.5 Å². The number of carbonyl (C=O) groups excluding carboxylic acids is 1. The lowest BCUT2D eigenvalue weighted by Gasteiger charge is -2.35. The number of rotatable bonds is 2. The molecule has 0 spiro atoms. The van der Waals surface area contributed by atoms with E-state index < -0.39 is 0 Å². The van der Waals surface area contributed by atoms with Gasteiger partial charge in [0.15, 0.2) is 0 Å². The van der Waals surface area contributed by atoms with Crippen molar-refractivity contribution in [3.63, 3.8) is 0 Å². The first-order valence-corrected chi connectivity index (χ1v) is 8.02.